The van der Waals surface area contributed by atoms with Crippen molar-refractivity contribution in [2.24, 2.45) is 0 Å². The van der Waals surface area contributed by atoms with Crippen LogP contribution < -0.4 is 5.32 Å². The first kappa shape index (κ1) is 13.6. The van der Waals surface area contributed by atoms with Gasteiger partial charge in [0.2, 0.25) is 0 Å². The number of nitrogens with zero attached hydrogens (tertiary/aromatic N) is 2. The number of aryl methyl sites for hydroxylation is 1. The van der Waals surface area contributed by atoms with Crippen LogP contribution in [0.4, 0.5) is 5.69 Å². The highest BCUT2D eigenvalue weighted by molar-refractivity contribution is 5.56. The largest absolute Gasteiger partial charge is 0.378 e. The number of rotatable bonds is 3. The highest BCUT2D eigenvalue weighted by Crippen LogP contribution is 2.23. The average Bonchev–Trinajstić information content (AvgIpc) is 2.49. The number of hydrogen-bond acceptors (Lipinski definition) is 3. The van der Waals surface area contributed by atoms with Crippen LogP contribution in [-0.2, 0) is 0 Å². The summed E-state index contributed by atoms with van der Waals surface area (Å²) in [7, 11) is 0. The van der Waals surface area contributed by atoms with Crippen LogP contribution in [0.5, 0.6) is 0 Å². The van der Waals surface area contributed by atoms with Crippen molar-refractivity contribution < 1.29 is 0 Å². The van der Waals surface area contributed by atoms with E-state index < -0.39 is 0 Å². The summed E-state index contributed by atoms with van der Waals surface area (Å²) in [5.74, 6) is 0. The van der Waals surface area contributed by atoms with Gasteiger partial charge in [0.15, 0.2) is 0 Å². The van der Waals surface area contributed by atoms with Gasteiger partial charge < -0.3 is 5.32 Å². The molecule has 1 unspecified atom stereocenters. The molecule has 0 amide bonds. The molecule has 3 heteroatoms. The molecule has 0 heterocycles. The Bertz CT molecular complexity index is 688. The van der Waals surface area contributed by atoms with Crippen molar-refractivity contribution in [2.45, 2.75) is 19.9 Å². The minimum atomic E-state index is 0.107. The standard InChI is InChI=1S/C17H15N3/c1-12-3-4-15(11-19)9-17(12)20-13(2)16-7-5-14(10-18)6-8-16/h3-9,13,20H,1-2H3. The third-order valence-electron chi connectivity index (χ3n) is 3.28. The van der Waals surface area contributed by atoms with Crippen molar-refractivity contribution in [1.29, 1.82) is 10.5 Å². The van der Waals surface area contributed by atoms with E-state index in [1.165, 1.54) is 0 Å². The van der Waals surface area contributed by atoms with Crippen molar-refractivity contribution in [2.75, 3.05) is 5.32 Å². The van der Waals surface area contributed by atoms with Crippen LogP contribution in [0, 0.1) is 29.6 Å². The summed E-state index contributed by atoms with van der Waals surface area (Å²) in [6.45, 7) is 4.06. The molecule has 0 spiro atoms. The predicted molar refractivity (Wildman–Crippen MR) is 79.1 cm³/mol. The van der Waals surface area contributed by atoms with E-state index in [-0.39, 0.29) is 6.04 Å². The zero-order valence-electron chi connectivity index (χ0n) is 11.5. The fourth-order valence-corrected chi connectivity index (χ4v) is 2.01. The summed E-state index contributed by atoms with van der Waals surface area (Å²) in [5.41, 5.74) is 4.46. The first-order valence-corrected chi connectivity index (χ1v) is 6.41. The first-order valence-electron chi connectivity index (χ1n) is 6.41. The zero-order valence-corrected chi connectivity index (χ0v) is 11.5. The summed E-state index contributed by atoms with van der Waals surface area (Å²) in [4.78, 5) is 0. The van der Waals surface area contributed by atoms with Crippen LogP contribution in [0.15, 0.2) is 42.5 Å². The average molecular weight is 261 g/mol. The number of nitriles is 2. The molecule has 2 rings (SSSR count). The van der Waals surface area contributed by atoms with Crippen LogP contribution in [0.2, 0.25) is 0 Å². The second-order valence-corrected chi connectivity index (χ2v) is 4.74. The molecule has 0 fully saturated rings. The van der Waals surface area contributed by atoms with Crippen LogP contribution in [0.1, 0.15) is 35.2 Å². The lowest BCUT2D eigenvalue weighted by molar-refractivity contribution is 0.882. The van der Waals surface area contributed by atoms with Gasteiger partial charge in [0.05, 0.1) is 23.3 Å². The lowest BCUT2D eigenvalue weighted by atomic mass is 10.0. The summed E-state index contributed by atoms with van der Waals surface area (Å²) in [6, 6.07) is 17.5. The van der Waals surface area contributed by atoms with E-state index in [4.69, 9.17) is 10.5 Å². The van der Waals surface area contributed by atoms with Crippen molar-refractivity contribution in [3.05, 3.63) is 64.7 Å². The van der Waals surface area contributed by atoms with Gasteiger partial charge in [-0.15, -0.1) is 0 Å². The topological polar surface area (TPSA) is 59.6 Å². The monoisotopic (exact) mass is 261 g/mol. The van der Waals surface area contributed by atoms with Crippen molar-refractivity contribution in [1.82, 2.24) is 0 Å². The number of benzene rings is 2. The number of hydrogen-bond donors (Lipinski definition) is 1. The normalized spacial score (nSPS) is 11.2. The van der Waals surface area contributed by atoms with Crippen molar-refractivity contribution in [3.8, 4) is 12.1 Å². The van der Waals surface area contributed by atoms with Gasteiger partial charge in [0.1, 0.15) is 0 Å². The molecule has 20 heavy (non-hydrogen) atoms. The molecule has 3 nitrogen and oxygen atoms in total. The van der Waals surface area contributed by atoms with Crippen LogP contribution in [0.3, 0.4) is 0 Å². The number of nitrogens with one attached hydrogen (secondary N) is 1. The third-order valence-corrected chi connectivity index (χ3v) is 3.28. The molecular formula is C17H15N3. The Morgan fingerprint density at radius 2 is 1.55 bits per heavy atom. The Morgan fingerprint density at radius 1 is 0.950 bits per heavy atom. The van der Waals surface area contributed by atoms with E-state index in [2.05, 4.69) is 24.4 Å². The van der Waals surface area contributed by atoms with Crippen LogP contribution in [-0.4, -0.2) is 0 Å². The van der Waals surface area contributed by atoms with Crippen LogP contribution in [0.25, 0.3) is 0 Å². The van der Waals surface area contributed by atoms with Gasteiger partial charge >= 0.3 is 0 Å². The summed E-state index contributed by atoms with van der Waals surface area (Å²) >= 11 is 0. The second kappa shape index (κ2) is 5.91. The Balaban J connectivity index is 2.21. The summed E-state index contributed by atoms with van der Waals surface area (Å²) in [6.07, 6.45) is 0. The van der Waals surface area contributed by atoms with Crippen molar-refractivity contribution in [3.63, 3.8) is 0 Å². The molecule has 0 aliphatic carbocycles. The van der Waals surface area contributed by atoms with E-state index in [0.717, 1.165) is 16.8 Å². The molecular weight excluding hydrogens is 246 g/mol. The molecule has 0 bridgehead atoms. The molecule has 0 aromatic heterocycles. The Morgan fingerprint density at radius 3 is 2.15 bits per heavy atom. The SMILES string of the molecule is Cc1ccc(C#N)cc1NC(C)c1ccc(C#N)cc1. The van der Waals surface area contributed by atoms with E-state index >= 15 is 0 Å². The molecule has 0 aliphatic rings. The lowest BCUT2D eigenvalue weighted by Crippen LogP contribution is -2.07. The van der Waals surface area contributed by atoms with Gasteiger partial charge in [-0.3, -0.25) is 0 Å². The van der Waals surface area contributed by atoms with E-state index in [9.17, 15) is 0 Å². The Hall–Kier alpha value is -2.78. The highest BCUT2D eigenvalue weighted by atomic mass is 14.9. The van der Waals surface area contributed by atoms with E-state index in [1.807, 2.05) is 49.4 Å². The van der Waals surface area contributed by atoms with E-state index in [0.29, 0.717) is 11.1 Å². The molecule has 0 saturated carbocycles. The minimum absolute atomic E-state index is 0.107. The van der Waals surface area contributed by atoms with Crippen LogP contribution >= 0.6 is 0 Å². The number of anilines is 1. The summed E-state index contributed by atoms with van der Waals surface area (Å²) in [5, 5.41) is 21.2. The Labute approximate surface area is 119 Å². The fraction of sp³-hybridized carbons (Fsp3) is 0.176. The van der Waals surface area contributed by atoms with Gasteiger partial charge in [-0.25, -0.2) is 0 Å². The molecule has 1 N–H and O–H groups in total. The van der Waals surface area contributed by atoms with Gasteiger partial charge in [-0.1, -0.05) is 18.2 Å². The maximum atomic E-state index is 8.95. The molecule has 0 radical (unpaired) electrons. The zero-order chi connectivity index (χ0) is 14.5. The smallest absolute Gasteiger partial charge is 0.0992 e. The lowest BCUT2D eigenvalue weighted by Gasteiger charge is -2.17. The summed E-state index contributed by atoms with van der Waals surface area (Å²) < 4.78 is 0. The van der Waals surface area contributed by atoms with E-state index in [1.54, 1.807) is 0 Å². The minimum Gasteiger partial charge on any atom is -0.378 e. The molecule has 1 atom stereocenters. The van der Waals surface area contributed by atoms with Gasteiger partial charge in [-0.2, -0.15) is 10.5 Å². The molecule has 2 aromatic carbocycles. The van der Waals surface area contributed by atoms with Gasteiger partial charge in [0, 0.05) is 11.7 Å². The van der Waals surface area contributed by atoms with Crippen molar-refractivity contribution >= 4 is 5.69 Å². The van der Waals surface area contributed by atoms with Gasteiger partial charge in [0.25, 0.3) is 0 Å². The fourth-order valence-electron chi connectivity index (χ4n) is 2.01. The molecule has 0 aliphatic heterocycles. The predicted octanol–water partition coefficient (Wildman–Crippen LogP) is 3.91. The molecule has 98 valence electrons. The Kier molecular flexibility index (Phi) is 4.03. The maximum Gasteiger partial charge on any atom is 0.0992 e. The first-order chi connectivity index (χ1) is 9.63. The maximum absolute atomic E-state index is 8.95. The highest BCUT2D eigenvalue weighted by Gasteiger charge is 2.07. The second-order valence-electron chi connectivity index (χ2n) is 4.74. The van der Waals surface area contributed by atoms with Gasteiger partial charge in [-0.05, 0) is 49.2 Å². The third kappa shape index (κ3) is 2.96. The quantitative estimate of drug-likeness (QED) is 0.911. The molecule has 0 saturated heterocycles. The molecule has 2 aromatic rings.